The lowest BCUT2D eigenvalue weighted by Gasteiger charge is -2.28. The molecule has 21 heavy (non-hydrogen) atoms. The molecule has 0 spiro atoms. The molecule has 0 aromatic heterocycles. The summed E-state index contributed by atoms with van der Waals surface area (Å²) < 4.78 is 40.6. The average Bonchev–Trinajstić information content (AvgIpc) is 2.47. The lowest BCUT2D eigenvalue weighted by atomic mass is 9.85. The van der Waals surface area contributed by atoms with E-state index in [2.05, 4.69) is 11.6 Å². The molecule has 1 aliphatic rings. The summed E-state index contributed by atoms with van der Waals surface area (Å²) in [4.78, 5) is -0.0564. The van der Waals surface area contributed by atoms with E-state index in [4.69, 9.17) is 5.26 Å². The van der Waals surface area contributed by atoms with Crippen LogP contribution >= 0.6 is 0 Å². The Morgan fingerprint density at radius 1 is 1.43 bits per heavy atom. The van der Waals surface area contributed by atoms with Crippen molar-refractivity contribution in [1.82, 2.24) is 4.72 Å². The van der Waals surface area contributed by atoms with Gasteiger partial charge in [-0.05, 0) is 37.0 Å². The van der Waals surface area contributed by atoms with Crippen LogP contribution in [0.25, 0.3) is 0 Å². The van der Waals surface area contributed by atoms with Crippen LogP contribution in [0.15, 0.2) is 23.1 Å². The number of hydrogen-bond acceptors (Lipinski definition) is 3. The summed E-state index contributed by atoms with van der Waals surface area (Å²) in [5.74, 6) is -0.158. The SMILES string of the molecule is CCC1CCCC(NS(=O)(=O)c2ccc(F)c(C#N)c2)C1. The molecule has 114 valence electrons. The predicted octanol–water partition coefficient (Wildman–Crippen LogP) is 2.94. The number of nitriles is 1. The molecule has 1 aromatic rings. The van der Waals surface area contributed by atoms with E-state index < -0.39 is 15.8 Å². The minimum Gasteiger partial charge on any atom is -0.208 e. The molecule has 1 aliphatic carbocycles. The highest BCUT2D eigenvalue weighted by atomic mass is 32.2. The van der Waals surface area contributed by atoms with Crippen LogP contribution in [0.2, 0.25) is 0 Å². The number of halogens is 1. The molecule has 1 fully saturated rings. The smallest absolute Gasteiger partial charge is 0.208 e. The third kappa shape index (κ3) is 3.80. The molecular weight excluding hydrogens is 291 g/mol. The Hall–Kier alpha value is -1.45. The highest BCUT2D eigenvalue weighted by molar-refractivity contribution is 7.89. The van der Waals surface area contributed by atoms with Gasteiger partial charge in [0.1, 0.15) is 11.9 Å². The third-order valence-corrected chi connectivity index (χ3v) is 5.57. The van der Waals surface area contributed by atoms with E-state index in [0.717, 1.165) is 44.2 Å². The van der Waals surface area contributed by atoms with Crippen molar-refractivity contribution < 1.29 is 12.8 Å². The van der Waals surface area contributed by atoms with Gasteiger partial charge in [-0.25, -0.2) is 17.5 Å². The van der Waals surface area contributed by atoms with E-state index in [0.29, 0.717) is 5.92 Å². The van der Waals surface area contributed by atoms with E-state index >= 15 is 0 Å². The van der Waals surface area contributed by atoms with Gasteiger partial charge in [0.05, 0.1) is 10.5 Å². The summed E-state index contributed by atoms with van der Waals surface area (Å²) in [6.45, 7) is 2.11. The fourth-order valence-corrected chi connectivity index (χ4v) is 4.12. The summed E-state index contributed by atoms with van der Waals surface area (Å²) in [5, 5.41) is 8.79. The van der Waals surface area contributed by atoms with Crippen LogP contribution < -0.4 is 4.72 Å². The second-order valence-electron chi connectivity index (χ2n) is 5.51. The van der Waals surface area contributed by atoms with Crippen LogP contribution in [-0.2, 0) is 10.0 Å². The van der Waals surface area contributed by atoms with E-state index in [1.807, 2.05) is 0 Å². The first-order valence-corrected chi connectivity index (χ1v) is 8.66. The Morgan fingerprint density at radius 2 is 2.19 bits per heavy atom. The van der Waals surface area contributed by atoms with Crippen molar-refractivity contribution in [1.29, 1.82) is 5.26 Å². The zero-order chi connectivity index (χ0) is 15.5. The number of rotatable bonds is 4. The number of nitrogens with one attached hydrogen (secondary N) is 1. The second kappa shape index (κ2) is 6.54. The van der Waals surface area contributed by atoms with Gasteiger partial charge in [0.15, 0.2) is 0 Å². The normalized spacial score (nSPS) is 22.7. The topological polar surface area (TPSA) is 70.0 Å². The van der Waals surface area contributed by atoms with Crippen molar-refractivity contribution in [3.63, 3.8) is 0 Å². The Kier molecular flexibility index (Phi) is 4.96. The molecule has 0 saturated heterocycles. The highest BCUT2D eigenvalue weighted by Gasteiger charge is 2.26. The lowest BCUT2D eigenvalue weighted by molar-refractivity contribution is 0.301. The van der Waals surface area contributed by atoms with Crippen LogP contribution in [0.1, 0.15) is 44.6 Å². The van der Waals surface area contributed by atoms with Crippen LogP contribution in [-0.4, -0.2) is 14.5 Å². The standard InChI is InChI=1S/C15H19FN2O2S/c1-2-11-4-3-5-13(8-11)18-21(19,20)14-6-7-15(16)12(9-14)10-17/h6-7,9,11,13,18H,2-5,8H2,1H3. The minimum atomic E-state index is -3.71. The zero-order valence-electron chi connectivity index (χ0n) is 12.0. The molecule has 0 heterocycles. The predicted molar refractivity (Wildman–Crippen MR) is 77.5 cm³/mol. The number of sulfonamides is 1. The summed E-state index contributed by atoms with van der Waals surface area (Å²) >= 11 is 0. The van der Waals surface area contributed by atoms with E-state index in [9.17, 15) is 12.8 Å². The minimum absolute atomic E-state index is 0.0564. The Balaban J connectivity index is 2.17. The average molecular weight is 310 g/mol. The third-order valence-electron chi connectivity index (χ3n) is 4.05. The van der Waals surface area contributed by atoms with Crippen LogP contribution in [0.5, 0.6) is 0 Å². The Bertz CT molecular complexity index is 652. The van der Waals surface area contributed by atoms with Crippen molar-refractivity contribution in [3.8, 4) is 6.07 Å². The van der Waals surface area contributed by atoms with E-state index in [-0.39, 0.29) is 16.5 Å². The Labute approximate surface area is 125 Å². The summed E-state index contributed by atoms with van der Waals surface area (Å²) in [6, 6.07) is 4.87. The number of nitrogens with zero attached hydrogens (tertiary/aromatic N) is 1. The maximum absolute atomic E-state index is 13.3. The zero-order valence-corrected chi connectivity index (χ0v) is 12.8. The summed E-state index contributed by atoms with van der Waals surface area (Å²) in [6.07, 6.45) is 4.86. The van der Waals surface area contributed by atoms with Gasteiger partial charge in [0, 0.05) is 6.04 Å². The van der Waals surface area contributed by atoms with Crippen molar-refractivity contribution >= 4 is 10.0 Å². The molecule has 0 aliphatic heterocycles. The monoisotopic (exact) mass is 310 g/mol. The highest BCUT2D eigenvalue weighted by Crippen LogP contribution is 2.27. The lowest BCUT2D eigenvalue weighted by Crippen LogP contribution is -2.38. The second-order valence-corrected chi connectivity index (χ2v) is 7.23. The van der Waals surface area contributed by atoms with Gasteiger partial charge in [0.25, 0.3) is 0 Å². The van der Waals surface area contributed by atoms with Crippen LogP contribution in [0.4, 0.5) is 4.39 Å². The molecule has 0 bridgehead atoms. The maximum atomic E-state index is 13.3. The molecule has 0 radical (unpaired) electrons. The quantitative estimate of drug-likeness (QED) is 0.929. The fraction of sp³-hybridized carbons (Fsp3) is 0.533. The first kappa shape index (κ1) is 15.9. The van der Waals surface area contributed by atoms with Gasteiger partial charge in [-0.2, -0.15) is 5.26 Å². The first-order chi connectivity index (χ1) is 9.96. The molecule has 4 nitrogen and oxygen atoms in total. The molecule has 2 atom stereocenters. The first-order valence-electron chi connectivity index (χ1n) is 7.18. The van der Waals surface area contributed by atoms with E-state index in [1.165, 1.54) is 6.07 Å². The molecule has 1 saturated carbocycles. The van der Waals surface area contributed by atoms with Crippen molar-refractivity contribution in [2.24, 2.45) is 5.92 Å². The van der Waals surface area contributed by atoms with Crippen molar-refractivity contribution in [3.05, 3.63) is 29.6 Å². The largest absolute Gasteiger partial charge is 0.240 e. The van der Waals surface area contributed by atoms with Crippen LogP contribution in [0, 0.1) is 23.1 Å². The molecular formula is C15H19FN2O2S. The molecule has 2 unspecified atom stereocenters. The summed E-state index contributed by atoms with van der Waals surface area (Å²) in [7, 11) is -3.71. The van der Waals surface area contributed by atoms with Gasteiger partial charge >= 0.3 is 0 Å². The molecule has 0 amide bonds. The van der Waals surface area contributed by atoms with Gasteiger partial charge in [-0.15, -0.1) is 0 Å². The summed E-state index contributed by atoms with van der Waals surface area (Å²) in [5.41, 5.74) is -0.257. The van der Waals surface area contributed by atoms with Crippen molar-refractivity contribution in [2.75, 3.05) is 0 Å². The van der Waals surface area contributed by atoms with Crippen molar-refractivity contribution in [2.45, 2.75) is 50.0 Å². The van der Waals surface area contributed by atoms with E-state index in [1.54, 1.807) is 6.07 Å². The van der Waals surface area contributed by atoms with Gasteiger partial charge in [0.2, 0.25) is 10.0 Å². The van der Waals surface area contributed by atoms with Gasteiger partial charge in [-0.3, -0.25) is 0 Å². The molecule has 2 rings (SSSR count). The molecule has 1 N–H and O–H groups in total. The molecule has 1 aromatic carbocycles. The number of benzene rings is 1. The number of hydrogen-bond donors (Lipinski definition) is 1. The fourth-order valence-electron chi connectivity index (χ4n) is 2.81. The Morgan fingerprint density at radius 3 is 2.86 bits per heavy atom. The maximum Gasteiger partial charge on any atom is 0.240 e. The molecule has 6 heteroatoms. The van der Waals surface area contributed by atoms with Crippen LogP contribution in [0.3, 0.4) is 0 Å². The van der Waals surface area contributed by atoms with Gasteiger partial charge < -0.3 is 0 Å². The van der Waals surface area contributed by atoms with Gasteiger partial charge in [-0.1, -0.05) is 26.2 Å².